The van der Waals surface area contributed by atoms with Crippen LogP contribution in [0.25, 0.3) is 0 Å². The van der Waals surface area contributed by atoms with E-state index in [1.54, 1.807) is 29.2 Å². The highest BCUT2D eigenvalue weighted by Crippen LogP contribution is 2.26. The molecule has 1 aliphatic rings. The molecule has 3 N–H and O–H groups in total. The highest BCUT2D eigenvalue weighted by atomic mass is 16.5. The molecule has 0 aliphatic carbocycles. The Morgan fingerprint density at radius 1 is 1.09 bits per heavy atom. The maximum Gasteiger partial charge on any atom is 0.246 e. The van der Waals surface area contributed by atoms with Crippen LogP contribution in [0.3, 0.4) is 0 Å². The third-order valence-corrected chi connectivity index (χ3v) is 5.45. The summed E-state index contributed by atoms with van der Waals surface area (Å²) in [6.45, 7) is 4.73. The van der Waals surface area contributed by atoms with Crippen LogP contribution in [0.4, 0.5) is 11.6 Å². The fourth-order valence-electron chi connectivity index (χ4n) is 3.79. The first kappa shape index (κ1) is 22.0. The van der Waals surface area contributed by atoms with Gasteiger partial charge in [0.1, 0.15) is 35.0 Å². The Morgan fingerprint density at radius 2 is 1.82 bits per heavy atom. The van der Waals surface area contributed by atoms with E-state index < -0.39 is 0 Å². The molecular formula is C25H25N5O3. The summed E-state index contributed by atoms with van der Waals surface area (Å²) >= 11 is 0. The number of rotatable bonds is 7. The molecule has 3 aromatic rings. The third-order valence-electron chi connectivity index (χ3n) is 5.45. The van der Waals surface area contributed by atoms with E-state index in [1.807, 2.05) is 30.3 Å². The summed E-state index contributed by atoms with van der Waals surface area (Å²) in [5.74, 6) is 1.37. The zero-order valence-electron chi connectivity index (χ0n) is 18.1. The zero-order chi connectivity index (χ0) is 23.2. The molecule has 2 aromatic carbocycles. The van der Waals surface area contributed by atoms with Gasteiger partial charge in [0.2, 0.25) is 5.91 Å². The van der Waals surface area contributed by atoms with Crippen LogP contribution < -0.4 is 15.8 Å². The molecule has 168 valence electrons. The molecule has 33 heavy (non-hydrogen) atoms. The van der Waals surface area contributed by atoms with E-state index in [-0.39, 0.29) is 29.1 Å². The lowest BCUT2D eigenvalue weighted by Crippen LogP contribution is -2.44. The number of nitrogens with two attached hydrogens (primary N) is 1. The van der Waals surface area contributed by atoms with Crippen molar-refractivity contribution < 1.29 is 14.3 Å². The summed E-state index contributed by atoms with van der Waals surface area (Å²) in [5, 5.41) is 3.29. The van der Waals surface area contributed by atoms with Crippen molar-refractivity contribution in [1.82, 2.24) is 14.9 Å². The van der Waals surface area contributed by atoms with Crippen LogP contribution in [0.2, 0.25) is 0 Å². The first-order valence-electron chi connectivity index (χ1n) is 10.7. The van der Waals surface area contributed by atoms with Crippen molar-refractivity contribution in [2.75, 3.05) is 24.1 Å². The maximum atomic E-state index is 13.3. The SMILES string of the molecule is C=CC(=O)N1CCCC(Nc2ncnc(N)c2C(=O)c2ccc(Oc3ccccc3)cc2)C1. The van der Waals surface area contributed by atoms with Gasteiger partial charge < -0.3 is 20.7 Å². The van der Waals surface area contributed by atoms with Gasteiger partial charge >= 0.3 is 0 Å². The van der Waals surface area contributed by atoms with E-state index in [9.17, 15) is 9.59 Å². The van der Waals surface area contributed by atoms with Gasteiger partial charge in [0, 0.05) is 24.7 Å². The van der Waals surface area contributed by atoms with Crippen molar-refractivity contribution in [3.8, 4) is 11.5 Å². The van der Waals surface area contributed by atoms with Crippen molar-refractivity contribution in [3.63, 3.8) is 0 Å². The van der Waals surface area contributed by atoms with Crippen LogP contribution in [-0.2, 0) is 4.79 Å². The predicted octanol–water partition coefficient (Wildman–Crippen LogP) is 3.67. The van der Waals surface area contributed by atoms with Gasteiger partial charge in [-0.1, -0.05) is 24.8 Å². The Kier molecular flexibility index (Phi) is 6.64. The van der Waals surface area contributed by atoms with Gasteiger partial charge in [0.25, 0.3) is 0 Å². The van der Waals surface area contributed by atoms with Crippen molar-refractivity contribution in [2.45, 2.75) is 18.9 Å². The van der Waals surface area contributed by atoms with Crippen molar-refractivity contribution in [3.05, 3.63) is 84.7 Å². The molecule has 1 atom stereocenters. The smallest absolute Gasteiger partial charge is 0.246 e. The van der Waals surface area contributed by atoms with E-state index in [1.165, 1.54) is 12.4 Å². The Morgan fingerprint density at radius 3 is 2.55 bits per heavy atom. The number of nitrogens with zero attached hydrogens (tertiary/aromatic N) is 3. The molecular weight excluding hydrogens is 418 g/mol. The number of anilines is 2. The molecule has 1 aliphatic heterocycles. The Labute approximate surface area is 192 Å². The molecule has 8 nitrogen and oxygen atoms in total. The minimum Gasteiger partial charge on any atom is -0.457 e. The normalized spacial score (nSPS) is 15.5. The highest BCUT2D eigenvalue weighted by molar-refractivity contribution is 6.14. The van der Waals surface area contributed by atoms with E-state index in [0.717, 1.165) is 12.8 Å². The van der Waals surface area contributed by atoms with Gasteiger partial charge in [-0.2, -0.15) is 0 Å². The second-order valence-corrected chi connectivity index (χ2v) is 7.72. The summed E-state index contributed by atoms with van der Waals surface area (Å²) in [7, 11) is 0. The number of piperidine rings is 1. The summed E-state index contributed by atoms with van der Waals surface area (Å²) in [6, 6.07) is 16.2. The zero-order valence-corrected chi connectivity index (χ0v) is 18.1. The lowest BCUT2D eigenvalue weighted by atomic mass is 10.0. The molecule has 2 heterocycles. The number of carbonyl (C=O) groups excluding carboxylic acids is 2. The number of nitrogen functional groups attached to an aromatic ring is 1. The predicted molar refractivity (Wildman–Crippen MR) is 126 cm³/mol. The Hall–Kier alpha value is -4.20. The van der Waals surface area contributed by atoms with Gasteiger partial charge in [-0.05, 0) is 55.3 Å². The van der Waals surface area contributed by atoms with Gasteiger partial charge in [0.05, 0.1) is 0 Å². The summed E-state index contributed by atoms with van der Waals surface area (Å²) in [6.07, 6.45) is 4.31. The first-order chi connectivity index (χ1) is 16.0. The summed E-state index contributed by atoms with van der Waals surface area (Å²) < 4.78 is 5.79. The number of ketones is 1. The van der Waals surface area contributed by atoms with Crippen molar-refractivity contribution in [1.29, 1.82) is 0 Å². The van der Waals surface area contributed by atoms with Crippen LogP contribution in [0.15, 0.2) is 73.6 Å². The second-order valence-electron chi connectivity index (χ2n) is 7.72. The van der Waals surface area contributed by atoms with Crippen LogP contribution in [0, 0.1) is 0 Å². The topological polar surface area (TPSA) is 110 Å². The lowest BCUT2D eigenvalue weighted by molar-refractivity contribution is -0.127. The molecule has 0 radical (unpaired) electrons. The molecule has 0 spiro atoms. The fourth-order valence-corrected chi connectivity index (χ4v) is 3.79. The number of likely N-dealkylation sites (tertiary alicyclic amines) is 1. The number of hydrogen-bond acceptors (Lipinski definition) is 7. The van der Waals surface area contributed by atoms with Gasteiger partial charge in [-0.25, -0.2) is 9.97 Å². The van der Waals surface area contributed by atoms with Gasteiger partial charge in [0.15, 0.2) is 5.78 Å². The summed E-state index contributed by atoms with van der Waals surface area (Å²) in [4.78, 5) is 35.3. The van der Waals surface area contributed by atoms with Crippen LogP contribution in [-0.4, -0.2) is 45.7 Å². The number of ether oxygens (including phenoxy) is 1. The Balaban J connectivity index is 1.52. The molecule has 1 amide bonds. The van der Waals surface area contributed by atoms with Crippen LogP contribution in [0.1, 0.15) is 28.8 Å². The molecule has 8 heteroatoms. The number of benzene rings is 2. The largest absolute Gasteiger partial charge is 0.457 e. The van der Waals surface area contributed by atoms with Crippen molar-refractivity contribution >= 4 is 23.3 Å². The van der Waals surface area contributed by atoms with E-state index in [4.69, 9.17) is 10.5 Å². The maximum absolute atomic E-state index is 13.3. The monoisotopic (exact) mass is 443 g/mol. The molecule has 1 unspecified atom stereocenters. The molecule has 4 rings (SSSR count). The van der Waals surface area contributed by atoms with Gasteiger partial charge in [-0.15, -0.1) is 0 Å². The minimum absolute atomic E-state index is 0.0647. The van der Waals surface area contributed by atoms with Gasteiger partial charge in [-0.3, -0.25) is 9.59 Å². The lowest BCUT2D eigenvalue weighted by Gasteiger charge is -2.33. The number of aromatic nitrogens is 2. The standard InChI is InChI=1S/C25H25N5O3/c1-2-21(31)30-14-6-7-18(15-30)29-25-22(24(26)27-16-28-25)23(32)17-10-12-20(13-11-17)33-19-8-4-3-5-9-19/h2-5,8-13,16,18H,1,6-7,14-15H2,(H3,26,27,28,29). The molecule has 0 bridgehead atoms. The summed E-state index contributed by atoms with van der Waals surface area (Å²) in [5.41, 5.74) is 6.73. The van der Waals surface area contributed by atoms with E-state index in [0.29, 0.717) is 36.0 Å². The number of carbonyl (C=O) groups is 2. The highest BCUT2D eigenvalue weighted by Gasteiger charge is 2.26. The third kappa shape index (κ3) is 5.17. The number of amides is 1. The molecule has 0 saturated carbocycles. The fraction of sp³-hybridized carbons (Fsp3) is 0.200. The molecule has 1 fully saturated rings. The second kappa shape index (κ2) is 9.95. The number of para-hydroxylation sites is 1. The van der Waals surface area contributed by atoms with E-state index in [2.05, 4.69) is 21.9 Å². The molecule has 1 aromatic heterocycles. The van der Waals surface area contributed by atoms with E-state index >= 15 is 0 Å². The number of hydrogen-bond donors (Lipinski definition) is 2. The quantitative estimate of drug-likeness (QED) is 0.423. The van der Waals surface area contributed by atoms with Crippen LogP contribution >= 0.6 is 0 Å². The average molecular weight is 444 g/mol. The van der Waals surface area contributed by atoms with Crippen molar-refractivity contribution in [2.24, 2.45) is 0 Å². The minimum atomic E-state index is -0.295. The molecule has 1 saturated heterocycles. The van der Waals surface area contributed by atoms with Crippen LogP contribution in [0.5, 0.6) is 11.5 Å². The number of nitrogens with one attached hydrogen (secondary N) is 1. The average Bonchev–Trinajstić information content (AvgIpc) is 2.84. The first-order valence-corrected chi connectivity index (χ1v) is 10.7. The Bertz CT molecular complexity index is 1150.